The molecule has 33 heavy (non-hydrogen) atoms. The molecule has 0 fully saturated rings. The third kappa shape index (κ3) is 5.18. The maximum atomic E-state index is 11.7. The van der Waals surface area contributed by atoms with Gasteiger partial charge >= 0.3 is 0 Å². The van der Waals surface area contributed by atoms with Gasteiger partial charge in [0.1, 0.15) is 5.65 Å². The summed E-state index contributed by atoms with van der Waals surface area (Å²) in [6.07, 6.45) is 5.12. The average Bonchev–Trinajstić information content (AvgIpc) is 3.22. The van der Waals surface area contributed by atoms with Gasteiger partial charge in [-0.3, -0.25) is 4.79 Å². The van der Waals surface area contributed by atoms with E-state index in [4.69, 9.17) is 0 Å². The Bertz CT molecular complexity index is 1320. The van der Waals surface area contributed by atoms with Crippen molar-refractivity contribution in [1.82, 2.24) is 14.3 Å². The van der Waals surface area contributed by atoms with Crippen LogP contribution in [0.4, 0.5) is 5.69 Å². The summed E-state index contributed by atoms with van der Waals surface area (Å²) in [6.45, 7) is 10.1. The standard InChI is InChI=1S/C27H28N4OS/c1-6-25(32)30-21-11-7-9-18(13-21)20-15-23-24(17-29-26(23)28-16-20)19-10-8-12-22(14-19)33-31(5)27(2,3)4/h6-17H,1H2,2-5H3,(H,28,29)(H,30,32). The molecule has 0 atom stereocenters. The Balaban J connectivity index is 1.69. The number of hydrogen-bond donors (Lipinski definition) is 2. The molecule has 5 nitrogen and oxygen atoms in total. The van der Waals surface area contributed by atoms with E-state index in [9.17, 15) is 4.79 Å². The van der Waals surface area contributed by atoms with Gasteiger partial charge in [-0.2, -0.15) is 0 Å². The zero-order valence-electron chi connectivity index (χ0n) is 19.3. The van der Waals surface area contributed by atoms with Crippen LogP contribution in [0.15, 0.2) is 84.5 Å². The van der Waals surface area contributed by atoms with Crippen LogP contribution in [-0.2, 0) is 4.79 Å². The Morgan fingerprint density at radius 3 is 2.61 bits per heavy atom. The fourth-order valence-corrected chi connectivity index (χ4v) is 4.29. The lowest BCUT2D eigenvalue weighted by Crippen LogP contribution is -2.32. The van der Waals surface area contributed by atoms with E-state index in [1.54, 1.807) is 11.9 Å². The van der Waals surface area contributed by atoms with Crippen LogP contribution in [0.2, 0.25) is 0 Å². The highest BCUT2D eigenvalue weighted by molar-refractivity contribution is 7.97. The third-order valence-corrected chi connectivity index (χ3v) is 6.80. The minimum atomic E-state index is -0.233. The van der Waals surface area contributed by atoms with Gasteiger partial charge in [0.25, 0.3) is 0 Å². The van der Waals surface area contributed by atoms with Gasteiger partial charge in [0.15, 0.2) is 0 Å². The summed E-state index contributed by atoms with van der Waals surface area (Å²) in [6, 6.07) is 18.4. The second-order valence-corrected chi connectivity index (χ2v) is 10.1. The number of anilines is 1. The summed E-state index contributed by atoms with van der Waals surface area (Å²) < 4.78 is 2.26. The number of pyridine rings is 1. The Morgan fingerprint density at radius 2 is 1.85 bits per heavy atom. The SMILES string of the molecule is C=CC(=O)Nc1cccc(-c2cnc3[nH]cc(-c4cccc(SN(C)C(C)(C)C)c4)c3c2)c1. The van der Waals surface area contributed by atoms with Crippen LogP contribution in [-0.4, -0.2) is 32.8 Å². The van der Waals surface area contributed by atoms with Crippen LogP contribution in [0, 0.1) is 0 Å². The summed E-state index contributed by atoms with van der Waals surface area (Å²) in [4.78, 5) is 20.8. The molecule has 0 bridgehead atoms. The molecule has 2 aromatic heterocycles. The smallest absolute Gasteiger partial charge is 0.247 e. The van der Waals surface area contributed by atoms with Crippen molar-refractivity contribution in [3.05, 3.63) is 79.6 Å². The molecule has 0 radical (unpaired) electrons. The average molecular weight is 457 g/mol. The normalized spacial score (nSPS) is 11.7. The molecule has 2 N–H and O–H groups in total. The number of carbonyl (C=O) groups excluding carboxylic acids is 1. The van der Waals surface area contributed by atoms with Crippen LogP contribution in [0.3, 0.4) is 0 Å². The highest BCUT2D eigenvalue weighted by Gasteiger charge is 2.18. The lowest BCUT2D eigenvalue weighted by Gasteiger charge is -2.30. The van der Waals surface area contributed by atoms with Crippen molar-refractivity contribution in [2.24, 2.45) is 0 Å². The Labute approximate surface area is 199 Å². The number of nitrogens with zero attached hydrogens (tertiary/aromatic N) is 2. The molecule has 0 unspecified atom stereocenters. The lowest BCUT2D eigenvalue weighted by atomic mass is 10.0. The summed E-state index contributed by atoms with van der Waals surface area (Å²) in [5, 5.41) is 3.87. The summed E-state index contributed by atoms with van der Waals surface area (Å²) in [7, 11) is 2.12. The minimum absolute atomic E-state index is 0.0694. The minimum Gasteiger partial charge on any atom is -0.346 e. The number of H-pyrrole nitrogens is 1. The quantitative estimate of drug-likeness (QED) is 0.249. The number of rotatable bonds is 6. The number of aromatic nitrogens is 2. The van der Waals surface area contributed by atoms with Crippen molar-refractivity contribution < 1.29 is 4.79 Å². The molecule has 0 aliphatic rings. The first-order chi connectivity index (χ1) is 15.7. The second-order valence-electron chi connectivity index (χ2n) is 8.88. The van der Waals surface area contributed by atoms with Crippen molar-refractivity contribution in [2.75, 3.05) is 12.4 Å². The Hall–Kier alpha value is -3.35. The number of benzene rings is 2. The Morgan fingerprint density at radius 1 is 1.09 bits per heavy atom. The fraction of sp³-hybridized carbons (Fsp3) is 0.185. The summed E-state index contributed by atoms with van der Waals surface area (Å²) in [5.74, 6) is -0.233. The maximum absolute atomic E-state index is 11.7. The molecular formula is C27H28N4OS. The summed E-state index contributed by atoms with van der Waals surface area (Å²) >= 11 is 1.74. The first kappa shape index (κ1) is 22.8. The molecule has 0 spiro atoms. The maximum Gasteiger partial charge on any atom is 0.247 e. The van der Waals surface area contributed by atoms with Crippen LogP contribution < -0.4 is 5.32 Å². The van der Waals surface area contributed by atoms with Gasteiger partial charge in [0, 0.05) is 45.0 Å². The number of amides is 1. The van der Waals surface area contributed by atoms with Gasteiger partial charge in [0.05, 0.1) is 0 Å². The molecule has 1 amide bonds. The third-order valence-electron chi connectivity index (χ3n) is 5.51. The molecule has 0 aliphatic heterocycles. The van der Waals surface area contributed by atoms with Gasteiger partial charge < -0.3 is 10.3 Å². The lowest BCUT2D eigenvalue weighted by molar-refractivity contribution is -0.111. The second kappa shape index (κ2) is 9.25. The first-order valence-electron chi connectivity index (χ1n) is 10.8. The number of nitrogens with one attached hydrogen (secondary N) is 2. The number of carbonyl (C=O) groups is 1. The topological polar surface area (TPSA) is 61.0 Å². The first-order valence-corrected chi connectivity index (χ1v) is 11.5. The van der Waals surface area contributed by atoms with E-state index in [2.05, 4.69) is 84.3 Å². The zero-order valence-corrected chi connectivity index (χ0v) is 20.2. The van der Waals surface area contributed by atoms with Gasteiger partial charge in [-0.25, -0.2) is 9.29 Å². The molecule has 2 heterocycles. The summed E-state index contributed by atoms with van der Waals surface area (Å²) in [5.41, 5.74) is 5.84. The van der Waals surface area contributed by atoms with Crippen LogP contribution in [0.1, 0.15) is 20.8 Å². The fourth-order valence-electron chi connectivity index (χ4n) is 3.39. The molecule has 4 aromatic rings. The van der Waals surface area contributed by atoms with E-state index in [0.29, 0.717) is 0 Å². The van der Waals surface area contributed by atoms with E-state index in [-0.39, 0.29) is 11.4 Å². The number of aromatic amines is 1. The van der Waals surface area contributed by atoms with Crippen molar-refractivity contribution in [1.29, 1.82) is 0 Å². The number of hydrogen-bond acceptors (Lipinski definition) is 4. The molecule has 0 saturated heterocycles. The van der Waals surface area contributed by atoms with Crippen molar-refractivity contribution in [2.45, 2.75) is 31.2 Å². The van der Waals surface area contributed by atoms with Crippen LogP contribution >= 0.6 is 11.9 Å². The molecule has 168 valence electrons. The van der Waals surface area contributed by atoms with Gasteiger partial charge in [0.2, 0.25) is 5.91 Å². The van der Waals surface area contributed by atoms with Crippen molar-refractivity contribution in [3.8, 4) is 22.3 Å². The monoisotopic (exact) mass is 456 g/mol. The van der Waals surface area contributed by atoms with E-state index in [1.807, 2.05) is 36.7 Å². The van der Waals surface area contributed by atoms with E-state index < -0.39 is 0 Å². The zero-order chi connectivity index (χ0) is 23.6. The van der Waals surface area contributed by atoms with Gasteiger partial charge in [-0.1, -0.05) is 30.8 Å². The molecular weight excluding hydrogens is 428 g/mol. The highest BCUT2D eigenvalue weighted by atomic mass is 32.2. The molecule has 0 saturated carbocycles. The van der Waals surface area contributed by atoms with Crippen molar-refractivity contribution in [3.63, 3.8) is 0 Å². The molecule has 4 rings (SSSR count). The van der Waals surface area contributed by atoms with Crippen molar-refractivity contribution >= 4 is 34.6 Å². The van der Waals surface area contributed by atoms with Crippen LogP contribution in [0.5, 0.6) is 0 Å². The molecule has 6 heteroatoms. The predicted octanol–water partition coefficient (Wildman–Crippen LogP) is 6.76. The molecule has 0 aliphatic carbocycles. The van der Waals surface area contributed by atoms with E-state index >= 15 is 0 Å². The highest BCUT2D eigenvalue weighted by Crippen LogP contribution is 2.35. The van der Waals surface area contributed by atoms with Gasteiger partial charge in [-0.05, 0) is 87.3 Å². The van der Waals surface area contributed by atoms with Gasteiger partial charge in [-0.15, -0.1) is 0 Å². The Kier molecular flexibility index (Phi) is 6.40. The van der Waals surface area contributed by atoms with Crippen LogP contribution in [0.25, 0.3) is 33.3 Å². The van der Waals surface area contributed by atoms with E-state index in [1.165, 1.54) is 11.0 Å². The number of fused-ring (bicyclic) bond motifs is 1. The largest absolute Gasteiger partial charge is 0.346 e. The molecule has 2 aromatic carbocycles. The van der Waals surface area contributed by atoms with E-state index in [0.717, 1.165) is 39.0 Å². The predicted molar refractivity (Wildman–Crippen MR) is 139 cm³/mol.